The Kier molecular flexibility index (Phi) is 6.04. The Labute approximate surface area is 175 Å². The van der Waals surface area contributed by atoms with Crippen molar-refractivity contribution in [3.8, 4) is 17.6 Å². The van der Waals surface area contributed by atoms with Crippen molar-refractivity contribution in [2.24, 2.45) is 0 Å². The molecule has 0 radical (unpaired) electrons. The van der Waals surface area contributed by atoms with E-state index < -0.39 is 5.91 Å². The zero-order valence-corrected chi connectivity index (χ0v) is 16.7. The number of ether oxygens (including phenoxy) is 2. The first kappa shape index (κ1) is 19.6. The minimum absolute atomic E-state index is 0.0100. The monoisotopic (exact) mass is 404 g/mol. The Hall–Kier alpha value is -3.66. The minimum atomic E-state index is -0.437. The summed E-state index contributed by atoms with van der Waals surface area (Å²) in [4.78, 5) is 14.7. The van der Waals surface area contributed by atoms with Crippen molar-refractivity contribution in [1.29, 1.82) is 5.26 Å². The van der Waals surface area contributed by atoms with Crippen LogP contribution in [-0.2, 0) is 11.3 Å². The second kappa shape index (κ2) is 9.23. The van der Waals surface area contributed by atoms with Crippen molar-refractivity contribution in [2.75, 3.05) is 30.1 Å². The van der Waals surface area contributed by atoms with E-state index in [4.69, 9.17) is 9.47 Å². The summed E-state index contributed by atoms with van der Waals surface area (Å²) in [6, 6.07) is 15.5. The summed E-state index contributed by atoms with van der Waals surface area (Å²) in [5.74, 6) is 0.915. The van der Waals surface area contributed by atoms with Crippen LogP contribution in [0.25, 0.3) is 0 Å². The molecule has 0 bridgehead atoms. The lowest BCUT2D eigenvalue weighted by Gasteiger charge is -2.28. The molecule has 0 saturated carbocycles. The quantitative estimate of drug-likeness (QED) is 0.566. The molecule has 2 aliphatic heterocycles. The van der Waals surface area contributed by atoms with Crippen LogP contribution in [-0.4, -0.2) is 25.8 Å². The molecule has 7 nitrogen and oxygen atoms in total. The number of piperidine rings is 1. The van der Waals surface area contributed by atoms with E-state index in [1.54, 1.807) is 6.07 Å². The molecule has 0 aromatic heterocycles. The molecule has 0 unspecified atom stereocenters. The molecule has 1 fully saturated rings. The molecule has 2 heterocycles. The summed E-state index contributed by atoms with van der Waals surface area (Å²) >= 11 is 0. The molecular formula is C23H24N4O3. The van der Waals surface area contributed by atoms with Crippen LogP contribution in [0.5, 0.6) is 11.5 Å². The van der Waals surface area contributed by atoms with Gasteiger partial charge in [0.05, 0.1) is 0 Å². The van der Waals surface area contributed by atoms with Gasteiger partial charge in [-0.15, -0.1) is 0 Å². The minimum Gasteiger partial charge on any atom is -0.454 e. The van der Waals surface area contributed by atoms with Gasteiger partial charge < -0.3 is 25.0 Å². The van der Waals surface area contributed by atoms with Crippen molar-refractivity contribution < 1.29 is 14.3 Å². The third-order valence-electron chi connectivity index (χ3n) is 5.23. The number of nitriles is 1. The summed E-state index contributed by atoms with van der Waals surface area (Å²) in [6.45, 7) is 2.68. The molecule has 1 amide bonds. The molecule has 2 aromatic rings. The zero-order valence-electron chi connectivity index (χ0n) is 16.7. The number of nitrogens with zero attached hydrogens (tertiary/aromatic N) is 2. The normalized spacial score (nSPS) is 15.4. The van der Waals surface area contributed by atoms with Crippen LogP contribution < -0.4 is 25.0 Å². The van der Waals surface area contributed by atoms with E-state index in [1.807, 2.05) is 30.3 Å². The third-order valence-corrected chi connectivity index (χ3v) is 5.23. The summed E-state index contributed by atoms with van der Waals surface area (Å²) < 4.78 is 10.6. The lowest BCUT2D eigenvalue weighted by atomic mass is 10.1. The molecule has 0 atom stereocenters. The molecule has 2 aromatic carbocycles. The van der Waals surface area contributed by atoms with Gasteiger partial charge in [0.2, 0.25) is 6.79 Å². The molecule has 2 aliphatic rings. The van der Waals surface area contributed by atoms with E-state index >= 15 is 0 Å². The molecule has 0 aliphatic carbocycles. The number of amides is 1. The number of nitrogens with one attached hydrogen (secondary N) is 2. The van der Waals surface area contributed by atoms with Crippen LogP contribution in [0.4, 0.5) is 11.4 Å². The highest BCUT2D eigenvalue weighted by atomic mass is 16.7. The second-order valence-corrected chi connectivity index (χ2v) is 7.28. The maximum Gasteiger partial charge on any atom is 0.263 e. The first-order valence-electron chi connectivity index (χ1n) is 10.1. The van der Waals surface area contributed by atoms with Crippen molar-refractivity contribution >= 4 is 17.3 Å². The number of benzene rings is 2. The van der Waals surface area contributed by atoms with Gasteiger partial charge in [-0.25, -0.2) is 0 Å². The van der Waals surface area contributed by atoms with Crippen LogP contribution in [0, 0.1) is 11.3 Å². The number of anilines is 2. The Balaban J connectivity index is 1.32. The van der Waals surface area contributed by atoms with E-state index in [2.05, 4.69) is 27.7 Å². The van der Waals surface area contributed by atoms with Gasteiger partial charge in [-0.3, -0.25) is 4.79 Å². The van der Waals surface area contributed by atoms with Crippen LogP contribution in [0.2, 0.25) is 0 Å². The molecule has 1 saturated heterocycles. The Morgan fingerprint density at radius 3 is 2.60 bits per heavy atom. The summed E-state index contributed by atoms with van der Waals surface area (Å²) in [7, 11) is 0. The summed E-state index contributed by atoms with van der Waals surface area (Å²) in [5.41, 5.74) is 2.90. The Morgan fingerprint density at radius 2 is 1.83 bits per heavy atom. The predicted octanol–water partition coefficient (Wildman–Crippen LogP) is 3.54. The van der Waals surface area contributed by atoms with E-state index in [-0.39, 0.29) is 12.4 Å². The molecule has 30 heavy (non-hydrogen) atoms. The van der Waals surface area contributed by atoms with Gasteiger partial charge in [-0.05, 0) is 61.2 Å². The molecule has 7 heteroatoms. The highest BCUT2D eigenvalue weighted by molar-refractivity contribution is 5.97. The fraction of sp³-hybridized carbons (Fsp3) is 0.304. The Morgan fingerprint density at radius 1 is 1.07 bits per heavy atom. The van der Waals surface area contributed by atoms with Gasteiger partial charge in [-0.1, -0.05) is 6.07 Å². The summed E-state index contributed by atoms with van der Waals surface area (Å²) in [5, 5.41) is 15.1. The number of fused-ring (bicyclic) bond motifs is 1. The molecule has 4 rings (SSSR count). The SMILES string of the molecule is N#C/C(=C/Nc1ccc(N2CCCCC2)cc1)C(=O)NCc1ccc2c(c1)OCO2. The lowest BCUT2D eigenvalue weighted by molar-refractivity contribution is -0.117. The number of carbonyl (C=O) groups excluding carboxylic acids is 1. The van der Waals surface area contributed by atoms with Crippen molar-refractivity contribution in [3.63, 3.8) is 0 Å². The number of hydrogen-bond acceptors (Lipinski definition) is 6. The van der Waals surface area contributed by atoms with Crippen LogP contribution in [0.3, 0.4) is 0 Å². The average molecular weight is 404 g/mol. The van der Waals surface area contributed by atoms with E-state index in [0.717, 1.165) is 24.3 Å². The van der Waals surface area contributed by atoms with Crippen LogP contribution in [0.15, 0.2) is 54.2 Å². The first-order chi connectivity index (χ1) is 14.7. The maximum absolute atomic E-state index is 12.4. The standard InChI is InChI=1S/C23H24N4O3/c24-13-18(23(28)26-14-17-4-9-21-22(12-17)30-16-29-21)15-25-19-5-7-20(8-6-19)27-10-2-1-3-11-27/h4-9,12,15,25H,1-3,10-11,14,16H2,(H,26,28)/b18-15-. The van der Waals surface area contributed by atoms with Gasteiger partial charge in [0, 0.05) is 37.2 Å². The fourth-order valence-corrected chi connectivity index (χ4v) is 3.55. The zero-order chi connectivity index (χ0) is 20.8. The molecular weight excluding hydrogens is 380 g/mol. The fourth-order valence-electron chi connectivity index (χ4n) is 3.55. The smallest absolute Gasteiger partial charge is 0.263 e. The maximum atomic E-state index is 12.4. The van der Waals surface area contributed by atoms with Crippen molar-refractivity contribution in [1.82, 2.24) is 5.32 Å². The van der Waals surface area contributed by atoms with Gasteiger partial charge in [-0.2, -0.15) is 5.26 Å². The first-order valence-corrected chi connectivity index (χ1v) is 10.1. The largest absolute Gasteiger partial charge is 0.454 e. The lowest BCUT2D eigenvalue weighted by Crippen LogP contribution is -2.29. The highest BCUT2D eigenvalue weighted by Crippen LogP contribution is 2.32. The van der Waals surface area contributed by atoms with Gasteiger partial charge in [0.1, 0.15) is 11.6 Å². The van der Waals surface area contributed by atoms with E-state index in [9.17, 15) is 10.1 Å². The van der Waals surface area contributed by atoms with Gasteiger partial charge in [0.15, 0.2) is 11.5 Å². The number of carbonyl (C=O) groups is 1. The topological polar surface area (TPSA) is 86.6 Å². The number of rotatable bonds is 6. The van der Waals surface area contributed by atoms with Crippen molar-refractivity contribution in [3.05, 3.63) is 59.8 Å². The van der Waals surface area contributed by atoms with Gasteiger partial charge >= 0.3 is 0 Å². The Bertz CT molecular complexity index is 973. The van der Waals surface area contributed by atoms with Crippen LogP contribution in [0.1, 0.15) is 24.8 Å². The number of hydrogen-bond donors (Lipinski definition) is 2. The van der Waals surface area contributed by atoms with Crippen LogP contribution >= 0.6 is 0 Å². The third kappa shape index (κ3) is 4.66. The molecule has 154 valence electrons. The second-order valence-electron chi connectivity index (χ2n) is 7.28. The highest BCUT2D eigenvalue weighted by Gasteiger charge is 2.14. The average Bonchev–Trinajstić information content (AvgIpc) is 3.27. The van der Waals surface area contributed by atoms with Crippen molar-refractivity contribution in [2.45, 2.75) is 25.8 Å². The van der Waals surface area contributed by atoms with Gasteiger partial charge in [0.25, 0.3) is 5.91 Å². The molecule has 0 spiro atoms. The van der Waals surface area contributed by atoms with E-state index in [1.165, 1.54) is 31.1 Å². The van der Waals surface area contributed by atoms with E-state index in [0.29, 0.717) is 18.0 Å². The summed E-state index contributed by atoms with van der Waals surface area (Å²) in [6.07, 6.45) is 5.20. The molecule has 2 N–H and O–H groups in total. The predicted molar refractivity (Wildman–Crippen MR) is 114 cm³/mol.